The molecule has 1 atom stereocenters. The number of sulfone groups is 1. The quantitative estimate of drug-likeness (QED) is 0.209. The second kappa shape index (κ2) is 16.3. The molecule has 0 aromatic heterocycles. The molecule has 1 saturated heterocycles. The van der Waals surface area contributed by atoms with E-state index in [0.717, 1.165) is 36.1 Å². The van der Waals surface area contributed by atoms with Crippen LogP contribution in [0.4, 0.5) is 23.2 Å². The van der Waals surface area contributed by atoms with Gasteiger partial charge in [0, 0.05) is 42.3 Å². The van der Waals surface area contributed by atoms with Gasteiger partial charge in [-0.1, -0.05) is 25.1 Å². The first-order valence-corrected chi connectivity index (χ1v) is 17.3. The molecule has 1 aliphatic rings. The topological polar surface area (TPSA) is 130 Å². The van der Waals surface area contributed by atoms with E-state index >= 15 is 0 Å². The van der Waals surface area contributed by atoms with Crippen molar-refractivity contribution in [2.75, 3.05) is 37.5 Å². The summed E-state index contributed by atoms with van der Waals surface area (Å²) in [6.07, 6.45) is -1.88. The monoisotopic (exact) mass is 696 g/mol. The highest BCUT2D eigenvalue weighted by molar-refractivity contribution is 7.90. The molecule has 14 heteroatoms. The fourth-order valence-electron chi connectivity index (χ4n) is 5.47. The Bertz CT molecular complexity index is 1650. The number of nitrogens with two attached hydrogens (primary N) is 1. The summed E-state index contributed by atoms with van der Waals surface area (Å²) in [7, 11) is -3.36. The lowest BCUT2D eigenvalue weighted by Gasteiger charge is -2.27. The average molecular weight is 697 g/mol. The summed E-state index contributed by atoms with van der Waals surface area (Å²) in [6.45, 7) is 9.05. The van der Waals surface area contributed by atoms with Gasteiger partial charge in [0.15, 0.2) is 9.84 Å². The van der Waals surface area contributed by atoms with Crippen molar-refractivity contribution in [3.8, 4) is 22.6 Å². The molecule has 1 unspecified atom stereocenters. The van der Waals surface area contributed by atoms with Gasteiger partial charge in [0.05, 0.1) is 30.2 Å². The summed E-state index contributed by atoms with van der Waals surface area (Å²) < 4.78 is 81.2. The number of carboxylic acids is 1. The van der Waals surface area contributed by atoms with Crippen LogP contribution in [-0.4, -0.2) is 59.0 Å². The van der Waals surface area contributed by atoms with Gasteiger partial charge in [0.25, 0.3) is 0 Å². The van der Waals surface area contributed by atoms with E-state index in [1.165, 1.54) is 18.4 Å². The van der Waals surface area contributed by atoms with E-state index in [-0.39, 0.29) is 22.0 Å². The van der Waals surface area contributed by atoms with Gasteiger partial charge in [-0.2, -0.15) is 13.2 Å². The third-order valence-electron chi connectivity index (χ3n) is 7.98. The molecule has 4 rings (SSSR count). The number of carboxylic acid groups (broad SMARTS) is 1. The fraction of sp³-hybridized carbons (Fsp3) is 0.412. The average Bonchev–Trinajstić information content (AvgIpc) is 3.36. The highest BCUT2D eigenvalue weighted by atomic mass is 32.2. The predicted molar refractivity (Wildman–Crippen MR) is 170 cm³/mol. The number of ether oxygens (including phenoxy) is 2. The largest absolute Gasteiger partial charge is 0.542 e. The van der Waals surface area contributed by atoms with Crippen LogP contribution in [0.2, 0.25) is 0 Å². The lowest BCUT2D eigenvalue weighted by atomic mass is 9.81. The first kappa shape index (κ1) is 38.3. The number of halogens is 4. The van der Waals surface area contributed by atoms with Crippen LogP contribution in [0.25, 0.3) is 11.1 Å². The zero-order valence-electron chi connectivity index (χ0n) is 27.2. The third-order valence-corrected chi connectivity index (χ3v) is 9.09. The molecule has 3 aromatic rings. The van der Waals surface area contributed by atoms with Gasteiger partial charge in [-0.15, -0.1) is 0 Å². The maximum absolute atomic E-state index is 13.6. The zero-order valence-corrected chi connectivity index (χ0v) is 28.0. The van der Waals surface area contributed by atoms with Crippen molar-refractivity contribution in [3.05, 3.63) is 72.0 Å². The minimum Gasteiger partial charge on any atom is -0.542 e. The maximum Gasteiger partial charge on any atom is 0.430 e. The molecule has 262 valence electrons. The Labute approximate surface area is 277 Å². The van der Waals surface area contributed by atoms with Gasteiger partial charge >= 0.3 is 6.18 Å². The minimum atomic E-state index is -5.19. The second-order valence-electron chi connectivity index (χ2n) is 11.4. The van der Waals surface area contributed by atoms with Crippen molar-refractivity contribution in [2.45, 2.75) is 57.7 Å². The fourth-order valence-corrected chi connectivity index (χ4v) is 6.13. The Hall–Kier alpha value is -4.17. The molecule has 0 aliphatic carbocycles. The summed E-state index contributed by atoms with van der Waals surface area (Å²) in [5, 5.41) is 11.0. The van der Waals surface area contributed by atoms with Gasteiger partial charge < -0.3 is 29.6 Å². The van der Waals surface area contributed by atoms with Gasteiger partial charge in [-0.25, -0.2) is 12.8 Å². The molecule has 3 aromatic carbocycles. The standard InChI is InChI=1S/C32H39FN2O5S.C2HF3O2/c1-5-32(20-30(36)35(22-32)26-9-8-10-27(19-26)41(4,37)38)15-16-34-21-23-17-28(39-6-2)31(29(18-23)40-7-3)24-11-13-25(33)14-12-24;3-2(4,5)1(6)7/h8-14,17-19,34H,5-7,15-16,20-22H2,1-4H3;(H,6,7). The van der Waals surface area contributed by atoms with E-state index in [1.54, 1.807) is 41.3 Å². The first-order valence-electron chi connectivity index (χ1n) is 15.4. The number of hydrogen-bond donors (Lipinski definition) is 1. The van der Waals surface area contributed by atoms with E-state index in [9.17, 15) is 30.8 Å². The SMILES string of the molecule is CCOc1cc(C[NH2+]CCC2(CC)CC(=O)N(c3cccc(S(C)(=O)=O)c3)C2)cc(OCC)c1-c1ccc(F)cc1.O=C([O-])C(F)(F)F. The molecule has 2 N–H and O–H groups in total. The minimum absolute atomic E-state index is 0.0246. The van der Waals surface area contributed by atoms with Crippen molar-refractivity contribution < 1.29 is 55.5 Å². The van der Waals surface area contributed by atoms with Crippen LogP contribution in [0.1, 0.15) is 45.6 Å². The number of quaternary nitrogens is 1. The second-order valence-corrected chi connectivity index (χ2v) is 13.5. The van der Waals surface area contributed by atoms with Gasteiger partial charge in [-0.05, 0) is 68.3 Å². The lowest BCUT2D eigenvalue weighted by Crippen LogP contribution is -2.83. The highest BCUT2D eigenvalue weighted by Crippen LogP contribution is 2.41. The maximum atomic E-state index is 13.6. The van der Waals surface area contributed by atoms with Crippen molar-refractivity contribution in [1.29, 1.82) is 0 Å². The van der Waals surface area contributed by atoms with E-state index in [2.05, 4.69) is 12.2 Å². The normalized spacial score (nSPS) is 16.3. The van der Waals surface area contributed by atoms with Crippen LogP contribution in [-0.2, 0) is 26.0 Å². The predicted octanol–water partition coefficient (Wildman–Crippen LogP) is 4.28. The molecule has 1 aliphatic heterocycles. The van der Waals surface area contributed by atoms with Crippen molar-refractivity contribution in [2.24, 2.45) is 5.41 Å². The molecule has 0 radical (unpaired) electrons. The molecule has 9 nitrogen and oxygen atoms in total. The molecule has 48 heavy (non-hydrogen) atoms. The van der Waals surface area contributed by atoms with Crippen molar-refractivity contribution in [1.82, 2.24) is 0 Å². The summed E-state index contributed by atoms with van der Waals surface area (Å²) in [5.74, 6) is -1.88. The third kappa shape index (κ3) is 10.2. The number of carbonyl (C=O) groups is 2. The number of rotatable bonds is 13. The summed E-state index contributed by atoms with van der Waals surface area (Å²) in [6, 6.07) is 17.0. The van der Waals surface area contributed by atoms with Gasteiger partial charge in [0.2, 0.25) is 5.91 Å². The number of nitrogens with zero attached hydrogens (tertiary/aromatic N) is 1. The van der Waals surface area contributed by atoms with Crippen molar-refractivity contribution >= 4 is 27.4 Å². The number of hydrogen-bond acceptors (Lipinski definition) is 7. The Balaban J connectivity index is 0.000000804. The lowest BCUT2D eigenvalue weighted by molar-refractivity contribution is -0.672. The number of amides is 1. The molecular formula is C34H40F4N2O7S. The van der Waals surface area contributed by atoms with Crippen LogP contribution in [0.15, 0.2) is 65.6 Å². The van der Waals surface area contributed by atoms with Crippen LogP contribution >= 0.6 is 0 Å². The number of aliphatic carboxylic acids is 1. The molecule has 0 saturated carbocycles. The smallest absolute Gasteiger partial charge is 0.430 e. The molecule has 0 spiro atoms. The first-order chi connectivity index (χ1) is 22.5. The van der Waals surface area contributed by atoms with Crippen LogP contribution in [0.5, 0.6) is 11.5 Å². The number of carbonyl (C=O) groups excluding carboxylic acids is 2. The van der Waals surface area contributed by atoms with Gasteiger partial charge in [-0.3, -0.25) is 4.79 Å². The Kier molecular flexibility index (Phi) is 13.0. The zero-order chi connectivity index (χ0) is 35.7. The molecule has 1 amide bonds. The molecule has 0 bridgehead atoms. The Morgan fingerprint density at radius 2 is 1.58 bits per heavy atom. The number of anilines is 1. The van der Waals surface area contributed by atoms with E-state index in [0.29, 0.717) is 49.9 Å². The van der Waals surface area contributed by atoms with Crippen LogP contribution in [0.3, 0.4) is 0 Å². The van der Waals surface area contributed by atoms with Crippen molar-refractivity contribution in [3.63, 3.8) is 0 Å². The number of benzene rings is 3. The Morgan fingerprint density at radius 1 is 1.00 bits per heavy atom. The number of alkyl halides is 3. The van der Waals surface area contributed by atoms with Gasteiger partial charge in [0.1, 0.15) is 29.8 Å². The molecule has 1 fully saturated rings. The van der Waals surface area contributed by atoms with Crippen LogP contribution in [0, 0.1) is 11.2 Å². The van der Waals surface area contributed by atoms with E-state index < -0.39 is 22.0 Å². The van der Waals surface area contributed by atoms with E-state index in [1.807, 2.05) is 26.0 Å². The summed E-state index contributed by atoms with van der Waals surface area (Å²) in [4.78, 5) is 23.8. The summed E-state index contributed by atoms with van der Waals surface area (Å²) in [5.41, 5.74) is 3.15. The van der Waals surface area contributed by atoms with Crippen LogP contribution < -0.4 is 24.8 Å². The van der Waals surface area contributed by atoms with E-state index in [4.69, 9.17) is 19.4 Å². The molecular weight excluding hydrogens is 656 g/mol. The Morgan fingerprint density at radius 3 is 2.08 bits per heavy atom. The molecule has 1 heterocycles. The summed E-state index contributed by atoms with van der Waals surface area (Å²) >= 11 is 0. The highest BCUT2D eigenvalue weighted by Gasteiger charge is 2.42.